The number of alkyl halides is 1. The molecule has 2 nitrogen and oxygen atoms in total. The van der Waals surface area contributed by atoms with Gasteiger partial charge >= 0.3 is 0 Å². The maximum Gasteiger partial charge on any atom is 0.144 e. The average molecular weight is 435 g/mol. The Morgan fingerprint density at radius 2 is 2.00 bits per heavy atom. The lowest BCUT2D eigenvalue weighted by Gasteiger charge is -2.12. The van der Waals surface area contributed by atoms with Crippen molar-refractivity contribution < 1.29 is 4.39 Å². The zero-order chi connectivity index (χ0) is 15.1. The van der Waals surface area contributed by atoms with Crippen LogP contribution in [-0.4, -0.2) is 9.55 Å². The van der Waals surface area contributed by atoms with Gasteiger partial charge < -0.3 is 0 Å². The van der Waals surface area contributed by atoms with E-state index in [9.17, 15) is 4.39 Å². The van der Waals surface area contributed by atoms with Gasteiger partial charge in [-0.05, 0) is 47.7 Å². The molecule has 1 aromatic heterocycles. The lowest BCUT2D eigenvalue weighted by molar-refractivity contribution is 0.630. The molecule has 1 heterocycles. The van der Waals surface area contributed by atoms with E-state index in [2.05, 4.69) is 27.6 Å². The van der Waals surface area contributed by atoms with Gasteiger partial charge in [-0.2, -0.15) is 0 Å². The van der Waals surface area contributed by atoms with Crippen LogP contribution in [0.3, 0.4) is 0 Å². The van der Waals surface area contributed by atoms with E-state index in [1.165, 1.54) is 6.07 Å². The summed E-state index contributed by atoms with van der Waals surface area (Å²) >= 11 is 14.4. The number of hydrogen-bond donors (Lipinski definition) is 0. The van der Waals surface area contributed by atoms with Crippen molar-refractivity contribution in [2.75, 3.05) is 0 Å². The molecule has 0 spiro atoms. The summed E-state index contributed by atoms with van der Waals surface area (Å²) in [6.07, 6.45) is 0. The molecule has 0 radical (unpaired) electrons. The first-order valence-corrected chi connectivity index (χ1v) is 8.14. The molecule has 21 heavy (non-hydrogen) atoms. The third-order valence-electron chi connectivity index (χ3n) is 3.17. The molecule has 3 aromatic rings. The molecule has 0 bridgehead atoms. The molecule has 0 aliphatic rings. The molecule has 108 valence electrons. The first-order valence-electron chi connectivity index (χ1n) is 6.25. The number of rotatable bonds is 2. The Labute approximate surface area is 145 Å². The molecule has 0 saturated carbocycles. The highest BCUT2D eigenvalue weighted by atomic mass is 127. The van der Waals surface area contributed by atoms with E-state index >= 15 is 0 Å². The van der Waals surface area contributed by atoms with Gasteiger partial charge in [0.15, 0.2) is 0 Å². The Morgan fingerprint density at radius 3 is 2.67 bits per heavy atom. The van der Waals surface area contributed by atoms with E-state index in [1.807, 2.05) is 35.8 Å². The maximum atomic E-state index is 13.7. The van der Waals surface area contributed by atoms with Gasteiger partial charge in [0.05, 0.1) is 27.1 Å². The van der Waals surface area contributed by atoms with Gasteiger partial charge in [0.2, 0.25) is 0 Å². The highest BCUT2D eigenvalue weighted by molar-refractivity contribution is 14.1. The predicted molar refractivity (Wildman–Crippen MR) is 93.0 cm³/mol. The summed E-state index contributed by atoms with van der Waals surface area (Å²) in [5.41, 5.74) is 2.23. The molecular weight excluding hydrogens is 425 g/mol. The van der Waals surface area contributed by atoms with Gasteiger partial charge in [0.1, 0.15) is 11.6 Å². The van der Waals surface area contributed by atoms with Gasteiger partial charge in [0, 0.05) is 9.64 Å². The van der Waals surface area contributed by atoms with Gasteiger partial charge in [-0.3, -0.25) is 4.57 Å². The number of hydrogen-bond acceptors (Lipinski definition) is 1. The highest BCUT2D eigenvalue weighted by Gasteiger charge is 2.19. The Kier molecular flexibility index (Phi) is 4.12. The van der Waals surface area contributed by atoms with Crippen molar-refractivity contribution in [3.05, 3.63) is 56.6 Å². The summed E-state index contributed by atoms with van der Waals surface area (Å²) in [4.78, 5) is 4.46. The quantitative estimate of drug-likeness (QED) is 0.372. The zero-order valence-corrected chi connectivity index (χ0v) is 14.6. The fraction of sp³-hybridized carbons (Fsp3) is 0.133. The number of fused-ring (bicyclic) bond motifs is 1. The van der Waals surface area contributed by atoms with Gasteiger partial charge in [-0.15, -0.1) is 11.6 Å². The Hall–Kier alpha value is -0.850. The van der Waals surface area contributed by atoms with Crippen LogP contribution in [0.4, 0.5) is 4.39 Å². The topological polar surface area (TPSA) is 17.8 Å². The highest BCUT2D eigenvalue weighted by Crippen LogP contribution is 2.32. The molecule has 0 amide bonds. The van der Waals surface area contributed by atoms with Gasteiger partial charge in [-0.1, -0.05) is 23.7 Å². The predicted octanol–water partition coefficient (Wildman–Crippen LogP) is 5.72. The van der Waals surface area contributed by atoms with E-state index in [-0.39, 0.29) is 10.4 Å². The number of aromatic nitrogens is 2. The number of halogens is 4. The Bertz CT molecular complexity index is 830. The second-order valence-electron chi connectivity index (χ2n) is 4.63. The first-order chi connectivity index (χ1) is 9.99. The van der Waals surface area contributed by atoms with E-state index in [4.69, 9.17) is 23.2 Å². The molecule has 3 rings (SSSR count). The number of nitrogens with zero attached hydrogens (tertiary/aromatic N) is 2. The largest absolute Gasteiger partial charge is 0.294 e. The third kappa shape index (κ3) is 2.64. The fourth-order valence-electron chi connectivity index (χ4n) is 2.24. The van der Waals surface area contributed by atoms with Crippen molar-refractivity contribution >= 4 is 56.8 Å². The third-order valence-corrected chi connectivity index (χ3v) is 4.57. The van der Waals surface area contributed by atoms with Crippen molar-refractivity contribution in [3.63, 3.8) is 0 Å². The second-order valence-corrected chi connectivity index (χ2v) is 6.85. The fourth-order valence-corrected chi connectivity index (χ4v) is 3.18. The molecule has 6 heteroatoms. The lowest BCUT2D eigenvalue weighted by Crippen LogP contribution is -2.03. The van der Waals surface area contributed by atoms with Crippen LogP contribution >= 0.6 is 45.8 Å². The molecule has 0 aliphatic carbocycles. The van der Waals surface area contributed by atoms with Crippen LogP contribution in [0.15, 0.2) is 36.4 Å². The SMILES string of the molecule is CC(Cl)c1nc2cc(F)c(Cl)cc2n1-c1ccccc1I. The maximum absolute atomic E-state index is 13.7. The smallest absolute Gasteiger partial charge is 0.144 e. The van der Waals surface area contributed by atoms with Crippen molar-refractivity contribution in [1.29, 1.82) is 0 Å². The van der Waals surface area contributed by atoms with Crippen LogP contribution in [0.1, 0.15) is 18.1 Å². The number of para-hydroxylation sites is 1. The first kappa shape index (κ1) is 15.1. The Balaban J connectivity index is 2.41. The minimum atomic E-state index is -0.481. The van der Waals surface area contributed by atoms with Crippen LogP contribution in [0, 0.1) is 9.39 Å². The molecule has 0 N–H and O–H groups in total. The summed E-state index contributed by atoms with van der Waals surface area (Å²) in [5, 5.41) is -0.237. The van der Waals surface area contributed by atoms with Crippen LogP contribution in [-0.2, 0) is 0 Å². The Morgan fingerprint density at radius 1 is 1.29 bits per heavy atom. The van der Waals surface area contributed by atoms with Crippen LogP contribution in [0.5, 0.6) is 0 Å². The van der Waals surface area contributed by atoms with Crippen molar-refractivity contribution in [2.24, 2.45) is 0 Å². The van der Waals surface area contributed by atoms with Crippen molar-refractivity contribution in [2.45, 2.75) is 12.3 Å². The summed E-state index contributed by atoms with van der Waals surface area (Å²) in [7, 11) is 0. The minimum absolute atomic E-state index is 0.0726. The molecule has 0 fully saturated rings. The molecular formula is C15H10Cl2FIN2. The molecule has 1 unspecified atom stereocenters. The van der Waals surface area contributed by atoms with Crippen LogP contribution in [0.2, 0.25) is 5.02 Å². The summed E-state index contributed by atoms with van der Waals surface area (Å²) < 4.78 is 16.6. The van der Waals surface area contributed by atoms with Crippen molar-refractivity contribution in [1.82, 2.24) is 9.55 Å². The van der Waals surface area contributed by atoms with Crippen LogP contribution in [0.25, 0.3) is 16.7 Å². The summed E-state index contributed by atoms with van der Waals surface area (Å²) in [5.74, 6) is 0.183. The molecule has 0 saturated heterocycles. The summed E-state index contributed by atoms with van der Waals surface area (Å²) in [6.45, 7) is 1.84. The molecule has 0 aliphatic heterocycles. The van der Waals surface area contributed by atoms with E-state index in [1.54, 1.807) is 6.07 Å². The molecule has 1 atom stereocenters. The second kappa shape index (κ2) is 5.74. The lowest BCUT2D eigenvalue weighted by atomic mass is 10.2. The normalized spacial score (nSPS) is 12.8. The van der Waals surface area contributed by atoms with Crippen molar-refractivity contribution in [3.8, 4) is 5.69 Å². The van der Waals surface area contributed by atoms with Gasteiger partial charge in [0.25, 0.3) is 0 Å². The standard InChI is InChI=1S/C15H10Cl2FIN2/c1-8(16)15-20-12-7-10(18)9(17)6-14(12)21(15)13-5-3-2-4-11(13)19/h2-8H,1H3. The van der Waals surface area contributed by atoms with Gasteiger partial charge in [-0.25, -0.2) is 9.37 Å². The van der Waals surface area contributed by atoms with E-state index < -0.39 is 5.82 Å². The molecule has 2 aromatic carbocycles. The number of benzene rings is 2. The summed E-state index contributed by atoms with van der Waals surface area (Å²) in [6, 6.07) is 10.8. The van der Waals surface area contributed by atoms with Crippen LogP contribution < -0.4 is 0 Å². The average Bonchev–Trinajstić information content (AvgIpc) is 2.78. The minimum Gasteiger partial charge on any atom is -0.294 e. The zero-order valence-electron chi connectivity index (χ0n) is 10.9. The van der Waals surface area contributed by atoms with E-state index in [0.717, 1.165) is 14.8 Å². The number of imidazole rings is 1. The monoisotopic (exact) mass is 434 g/mol. The van der Waals surface area contributed by atoms with E-state index in [0.29, 0.717) is 11.3 Å².